The van der Waals surface area contributed by atoms with E-state index in [1.54, 1.807) is 11.2 Å². The van der Waals surface area contributed by atoms with E-state index in [0.717, 1.165) is 25.9 Å². The molecule has 0 aliphatic carbocycles. The van der Waals surface area contributed by atoms with Crippen LogP contribution in [0.25, 0.3) is 20.3 Å². The van der Waals surface area contributed by atoms with E-state index in [1.807, 2.05) is 43.3 Å². The van der Waals surface area contributed by atoms with Gasteiger partial charge in [0.25, 0.3) is 5.91 Å². The number of fused-ring (bicyclic) bond motifs is 2. The number of benzene rings is 2. The van der Waals surface area contributed by atoms with E-state index in [1.165, 1.54) is 28.2 Å². The van der Waals surface area contributed by atoms with E-state index >= 15 is 0 Å². The van der Waals surface area contributed by atoms with Gasteiger partial charge in [-0.25, -0.2) is 4.98 Å². The highest BCUT2D eigenvalue weighted by molar-refractivity contribution is 7.23. The lowest BCUT2D eigenvalue weighted by Gasteiger charge is -2.18. The van der Waals surface area contributed by atoms with Crippen LogP contribution in [0.5, 0.6) is 0 Å². The third-order valence-corrected chi connectivity index (χ3v) is 7.61. The van der Waals surface area contributed by atoms with Gasteiger partial charge in [-0.15, -0.1) is 11.3 Å². The zero-order chi connectivity index (χ0) is 20.8. The van der Waals surface area contributed by atoms with Gasteiger partial charge in [0, 0.05) is 10.1 Å². The maximum absolute atomic E-state index is 13.7. The Bertz CT molecular complexity index is 1390. The van der Waals surface area contributed by atoms with E-state index in [-0.39, 0.29) is 12.5 Å². The normalized spacial score (nSPS) is 11.4. The Hall–Kier alpha value is -2.67. The van der Waals surface area contributed by atoms with Gasteiger partial charge in [-0.1, -0.05) is 47.2 Å². The van der Waals surface area contributed by atoms with Crippen molar-refractivity contribution in [3.8, 4) is 0 Å². The molecular formula is C23H17ClN2O2S2. The fraction of sp³-hybridized carbons (Fsp3) is 0.130. The van der Waals surface area contributed by atoms with Gasteiger partial charge in [0.05, 0.1) is 28.0 Å². The van der Waals surface area contributed by atoms with E-state index in [4.69, 9.17) is 21.0 Å². The third kappa shape index (κ3) is 3.31. The minimum atomic E-state index is -0.175. The summed E-state index contributed by atoms with van der Waals surface area (Å²) < 4.78 is 7.57. The Labute approximate surface area is 186 Å². The van der Waals surface area contributed by atoms with Gasteiger partial charge in [-0.2, -0.15) is 0 Å². The summed E-state index contributed by atoms with van der Waals surface area (Å²) in [6, 6.07) is 15.7. The number of nitrogens with zero attached hydrogens (tertiary/aromatic N) is 2. The van der Waals surface area contributed by atoms with E-state index < -0.39 is 0 Å². The molecule has 3 aromatic heterocycles. The van der Waals surface area contributed by atoms with Gasteiger partial charge in [0.15, 0.2) is 5.13 Å². The number of furan rings is 1. The highest BCUT2D eigenvalue weighted by Gasteiger charge is 2.27. The molecule has 0 saturated carbocycles. The van der Waals surface area contributed by atoms with Gasteiger partial charge >= 0.3 is 0 Å². The first-order valence-electron chi connectivity index (χ1n) is 9.40. The van der Waals surface area contributed by atoms with E-state index in [0.29, 0.717) is 20.8 Å². The molecule has 150 valence electrons. The second-order valence-electron chi connectivity index (χ2n) is 7.14. The number of thiazole rings is 1. The second-order valence-corrected chi connectivity index (χ2v) is 9.58. The minimum absolute atomic E-state index is 0.175. The van der Waals surface area contributed by atoms with Crippen LogP contribution in [0.15, 0.2) is 59.2 Å². The summed E-state index contributed by atoms with van der Waals surface area (Å²) in [6.07, 6.45) is 1.61. The molecule has 4 nitrogen and oxygen atoms in total. The average molecular weight is 453 g/mol. The van der Waals surface area contributed by atoms with Crippen LogP contribution in [0.4, 0.5) is 5.13 Å². The predicted octanol–water partition coefficient (Wildman–Crippen LogP) is 7.22. The first-order valence-corrected chi connectivity index (χ1v) is 11.4. The number of carbonyl (C=O) groups excluding carboxylic acids is 1. The molecule has 0 atom stereocenters. The van der Waals surface area contributed by atoms with Crippen LogP contribution in [0, 0.1) is 13.8 Å². The number of hydrogen-bond donors (Lipinski definition) is 0. The molecule has 2 aromatic carbocycles. The number of amides is 1. The Morgan fingerprint density at radius 1 is 1.10 bits per heavy atom. The van der Waals surface area contributed by atoms with Gasteiger partial charge < -0.3 is 4.42 Å². The average Bonchev–Trinajstić information content (AvgIpc) is 3.45. The molecule has 0 bridgehead atoms. The Morgan fingerprint density at radius 2 is 1.93 bits per heavy atom. The molecular weight excluding hydrogens is 436 g/mol. The van der Waals surface area contributed by atoms with Crippen molar-refractivity contribution >= 4 is 65.6 Å². The molecule has 0 spiro atoms. The molecule has 0 radical (unpaired) electrons. The van der Waals surface area contributed by atoms with Crippen LogP contribution in [0.1, 0.15) is 26.6 Å². The summed E-state index contributed by atoms with van der Waals surface area (Å²) in [5, 5.41) is 2.01. The molecule has 0 fully saturated rings. The third-order valence-electron chi connectivity index (χ3n) is 4.92. The Morgan fingerprint density at radius 3 is 2.70 bits per heavy atom. The SMILES string of the molecule is Cc1cc(C)c2nc(N(Cc3ccco3)C(=O)c3sc4ccccc4c3Cl)sc2c1. The molecule has 3 heterocycles. The van der Waals surface area contributed by atoms with Crippen LogP contribution in [-0.2, 0) is 6.54 Å². The molecule has 0 aliphatic rings. The van der Waals surface area contributed by atoms with E-state index in [2.05, 4.69) is 19.1 Å². The number of hydrogen-bond acceptors (Lipinski definition) is 5. The van der Waals surface area contributed by atoms with Crippen LogP contribution in [-0.4, -0.2) is 10.9 Å². The molecule has 0 N–H and O–H groups in total. The van der Waals surface area contributed by atoms with Gasteiger partial charge in [0.1, 0.15) is 10.6 Å². The quantitative estimate of drug-likeness (QED) is 0.289. The number of carbonyl (C=O) groups is 1. The number of rotatable bonds is 4. The van der Waals surface area contributed by atoms with Gasteiger partial charge in [-0.05, 0) is 49.2 Å². The highest BCUT2D eigenvalue weighted by atomic mass is 35.5. The fourth-order valence-electron chi connectivity index (χ4n) is 3.53. The standard InChI is InChI=1S/C23H17ClN2O2S2/c1-13-10-14(2)20-18(11-13)30-23(25-20)26(12-15-6-5-9-28-15)22(27)21-19(24)16-7-3-4-8-17(16)29-21/h3-11H,12H2,1-2H3. The lowest BCUT2D eigenvalue weighted by atomic mass is 10.1. The van der Waals surface area contributed by atoms with Crippen molar-refractivity contribution in [2.24, 2.45) is 0 Å². The number of halogens is 1. The molecule has 0 aliphatic heterocycles. The number of thiophene rings is 1. The summed E-state index contributed by atoms with van der Waals surface area (Å²) in [5.74, 6) is 0.513. The van der Waals surface area contributed by atoms with Crippen molar-refractivity contribution in [3.63, 3.8) is 0 Å². The number of aromatic nitrogens is 1. The van der Waals surface area contributed by atoms with E-state index in [9.17, 15) is 4.79 Å². The largest absolute Gasteiger partial charge is 0.467 e. The molecule has 30 heavy (non-hydrogen) atoms. The number of aryl methyl sites for hydroxylation is 2. The molecule has 5 aromatic rings. The summed E-state index contributed by atoms with van der Waals surface area (Å²) in [6.45, 7) is 4.39. The summed E-state index contributed by atoms with van der Waals surface area (Å²) in [7, 11) is 0. The Balaban J connectivity index is 1.64. The maximum atomic E-state index is 13.7. The monoisotopic (exact) mass is 452 g/mol. The predicted molar refractivity (Wildman–Crippen MR) is 125 cm³/mol. The Kier molecular flexibility index (Phi) is 4.85. The highest BCUT2D eigenvalue weighted by Crippen LogP contribution is 2.38. The van der Waals surface area contributed by atoms with Crippen LogP contribution in [0.2, 0.25) is 5.02 Å². The molecule has 0 unspecified atom stereocenters. The van der Waals surface area contributed by atoms with Crippen molar-refractivity contribution in [1.82, 2.24) is 4.98 Å². The number of anilines is 1. The second kappa shape index (κ2) is 7.54. The smallest absolute Gasteiger partial charge is 0.272 e. The van der Waals surface area contributed by atoms with Crippen molar-refractivity contribution in [2.45, 2.75) is 20.4 Å². The lowest BCUT2D eigenvalue weighted by Crippen LogP contribution is -2.29. The topological polar surface area (TPSA) is 46.3 Å². The first-order chi connectivity index (χ1) is 14.5. The van der Waals surface area contributed by atoms with Crippen molar-refractivity contribution < 1.29 is 9.21 Å². The zero-order valence-electron chi connectivity index (χ0n) is 16.3. The van der Waals surface area contributed by atoms with Gasteiger partial charge in [0.2, 0.25) is 0 Å². The van der Waals surface area contributed by atoms with Crippen LogP contribution >= 0.6 is 34.3 Å². The summed E-state index contributed by atoms with van der Waals surface area (Å²) >= 11 is 9.52. The van der Waals surface area contributed by atoms with Crippen molar-refractivity contribution in [2.75, 3.05) is 4.90 Å². The van der Waals surface area contributed by atoms with Gasteiger partial charge in [-0.3, -0.25) is 9.69 Å². The first kappa shape index (κ1) is 19.3. The summed E-state index contributed by atoms with van der Waals surface area (Å²) in [4.78, 5) is 20.6. The zero-order valence-corrected chi connectivity index (χ0v) is 18.7. The van der Waals surface area contributed by atoms with Crippen LogP contribution in [0.3, 0.4) is 0 Å². The van der Waals surface area contributed by atoms with Crippen molar-refractivity contribution in [3.05, 3.63) is 81.6 Å². The fourth-order valence-corrected chi connectivity index (χ4v) is 6.13. The summed E-state index contributed by atoms with van der Waals surface area (Å²) in [5.41, 5.74) is 3.18. The molecule has 1 amide bonds. The lowest BCUT2D eigenvalue weighted by molar-refractivity contribution is 0.0987. The molecule has 5 rings (SSSR count). The molecule has 0 saturated heterocycles. The van der Waals surface area contributed by atoms with Crippen LogP contribution < -0.4 is 4.90 Å². The minimum Gasteiger partial charge on any atom is -0.467 e. The molecule has 7 heteroatoms. The maximum Gasteiger partial charge on any atom is 0.272 e. The van der Waals surface area contributed by atoms with Crippen molar-refractivity contribution in [1.29, 1.82) is 0 Å².